The van der Waals surface area contributed by atoms with Gasteiger partial charge in [-0.1, -0.05) is 17.7 Å². The molecule has 0 fully saturated rings. The summed E-state index contributed by atoms with van der Waals surface area (Å²) in [5, 5.41) is 2.43. The van der Waals surface area contributed by atoms with Gasteiger partial charge in [0.15, 0.2) is 5.82 Å². The van der Waals surface area contributed by atoms with E-state index in [4.69, 9.17) is 11.6 Å². The van der Waals surface area contributed by atoms with Crippen LogP contribution in [0, 0.1) is 5.82 Å². The van der Waals surface area contributed by atoms with Gasteiger partial charge in [-0.05, 0) is 36.4 Å². The zero-order valence-electron chi connectivity index (χ0n) is 9.15. The Kier molecular flexibility index (Phi) is 3.89. The van der Waals surface area contributed by atoms with Gasteiger partial charge < -0.3 is 5.32 Å². The van der Waals surface area contributed by atoms with Gasteiger partial charge in [-0.3, -0.25) is 4.79 Å². The largest absolute Gasteiger partial charge is 0.319 e. The second-order valence-corrected chi connectivity index (χ2v) is 4.53. The van der Waals surface area contributed by atoms with Crippen LogP contribution in [0.3, 0.4) is 0 Å². The molecule has 0 atom stereocenters. The molecular weight excluding hydrogens is 273 g/mol. The number of amides is 1. The molecule has 0 aliphatic carbocycles. The topological polar surface area (TPSA) is 29.1 Å². The van der Waals surface area contributed by atoms with E-state index in [1.807, 2.05) is 0 Å². The fraction of sp³-hybridized carbons (Fsp3) is 0. The number of rotatable bonds is 2. The van der Waals surface area contributed by atoms with E-state index in [2.05, 4.69) is 17.9 Å². The summed E-state index contributed by atoms with van der Waals surface area (Å²) in [7, 11) is 0. The van der Waals surface area contributed by atoms with Crippen molar-refractivity contribution in [1.82, 2.24) is 0 Å². The standard InChI is InChI=1S/C13H9ClFNOS/c14-10-2-1-3-11(12(10)15)16-13(17)8-4-6-9(18)7-5-8/h1-7,18H,(H,16,17). The van der Waals surface area contributed by atoms with Gasteiger partial charge in [-0.2, -0.15) is 0 Å². The number of carbonyl (C=O) groups excluding carboxylic acids is 1. The molecule has 0 heterocycles. The van der Waals surface area contributed by atoms with Crippen LogP contribution in [0.2, 0.25) is 5.02 Å². The molecule has 0 aliphatic heterocycles. The van der Waals surface area contributed by atoms with Crippen molar-refractivity contribution in [2.45, 2.75) is 4.90 Å². The Hall–Kier alpha value is -1.52. The second-order valence-electron chi connectivity index (χ2n) is 3.60. The van der Waals surface area contributed by atoms with Crippen molar-refractivity contribution < 1.29 is 9.18 Å². The van der Waals surface area contributed by atoms with E-state index < -0.39 is 11.7 Å². The van der Waals surface area contributed by atoms with E-state index in [-0.39, 0.29) is 10.7 Å². The molecule has 92 valence electrons. The Morgan fingerprint density at radius 2 is 1.83 bits per heavy atom. The first-order valence-electron chi connectivity index (χ1n) is 5.12. The number of thiol groups is 1. The summed E-state index contributed by atoms with van der Waals surface area (Å²) in [5.41, 5.74) is 0.481. The normalized spacial score (nSPS) is 10.2. The summed E-state index contributed by atoms with van der Waals surface area (Å²) < 4.78 is 13.6. The van der Waals surface area contributed by atoms with Gasteiger partial charge in [-0.15, -0.1) is 12.6 Å². The smallest absolute Gasteiger partial charge is 0.255 e. The number of benzene rings is 2. The molecule has 2 aromatic rings. The quantitative estimate of drug-likeness (QED) is 0.800. The Balaban J connectivity index is 2.21. The van der Waals surface area contributed by atoms with Gasteiger partial charge in [0, 0.05) is 10.5 Å². The van der Waals surface area contributed by atoms with Crippen molar-refractivity contribution in [1.29, 1.82) is 0 Å². The van der Waals surface area contributed by atoms with Crippen LogP contribution >= 0.6 is 24.2 Å². The lowest BCUT2D eigenvalue weighted by atomic mass is 10.2. The van der Waals surface area contributed by atoms with Crippen LogP contribution in [0.15, 0.2) is 47.4 Å². The van der Waals surface area contributed by atoms with Crippen LogP contribution in [-0.2, 0) is 0 Å². The summed E-state index contributed by atoms with van der Waals surface area (Å²) in [5.74, 6) is -1.04. The maximum absolute atomic E-state index is 13.6. The fourth-order valence-electron chi connectivity index (χ4n) is 1.41. The van der Waals surface area contributed by atoms with Crippen molar-refractivity contribution in [3.05, 3.63) is 58.9 Å². The number of hydrogen-bond donors (Lipinski definition) is 2. The van der Waals surface area contributed by atoms with Crippen LogP contribution < -0.4 is 5.32 Å². The molecule has 5 heteroatoms. The zero-order valence-corrected chi connectivity index (χ0v) is 10.8. The maximum Gasteiger partial charge on any atom is 0.255 e. The molecule has 18 heavy (non-hydrogen) atoms. The van der Waals surface area contributed by atoms with Crippen molar-refractivity contribution in [3.8, 4) is 0 Å². The van der Waals surface area contributed by atoms with Crippen molar-refractivity contribution >= 4 is 35.8 Å². The molecule has 0 saturated heterocycles. The van der Waals surface area contributed by atoms with Gasteiger partial charge in [0.1, 0.15) is 0 Å². The highest BCUT2D eigenvalue weighted by molar-refractivity contribution is 7.80. The molecule has 1 N–H and O–H groups in total. The van der Waals surface area contributed by atoms with Crippen LogP contribution in [0.1, 0.15) is 10.4 Å². The zero-order chi connectivity index (χ0) is 13.1. The lowest BCUT2D eigenvalue weighted by Crippen LogP contribution is -2.12. The molecule has 0 bridgehead atoms. The van der Waals surface area contributed by atoms with Gasteiger partial charge >= 0.3 is 0 Å². The minimum Gasteiger partial charge on any atom is -0.319 e. The van der Waals surface area contributed by atoms with E-state index in [0.29, 0.717) is 5.56 Å². The lowest BCUT2D eigenvalue weighted by Gasteiger charge is -2.07. The van der Waals surface area contributed by atoms with Gasteiger partial charge in [0.25, 0.3) is 5.91 Å². The van der Waals surface area contributed by atoms with Crippen molar-refractivity contribution in [2.75, 3.05) is 5.32 Å². The van der Waals surface area contributed by atoms with Crippen molar-refractivity contribution in [2.24, 2.45) is 0 Å². The predicted octanol–water partition coefficient (Wildman–Crippen LogP) is 4.02. The SMILES string of the molecule is O=C(Nc1cccc(Cl)c1F)c1ccc(S)cc1. The summed E-state index contributed by atoms with van der Waals surface area (Å²) in [6, 6.07) is 11.0. The maximum atomic E-state index is 13.6. The molecular formula is C13H9ClFNOS. The Morgan fingerprint density at radius 3 is 2.50 bits per heavy atom. The summed E-state index contributed by atoms with van der Waals surface area (Å²) >= 11 is 9.75. The average molecular weight is 282 g/mol. The van der Waals surface area contributed by atoms with Crippen LogP contribution in [0.25, 0.3) is 0 Å². The Bertz CT molecular complexity index is 586. The van der Waals surface area contributed by atoms with Gasteiger partial charge in [0.2, 0.25) is 0 Å². The lowest BCUT2D eigenvalue weighted by molar-refractivity contribution is 0.102. The average Bonchev–Trinajstić information content (AvgIpc) is 2.36. The summed E-state index contributed by atoms with van der Waals surface area (Å²) in [4.78, 5) is 12.6. The van der Waals surface area contributed by atoms with E-state index >= 15 is 0 Å². The Morgan fingerprint density at radius 1 is 1.17 bits per heavy atom. The van der Waals surface area contributed by atoms with Crippen LogP contribution in [-0.4, -0.2) is 5.91 Å². The molecule has 0 radical (unpaired) electrons. The summed E-state index contributed by atoms with van der Waals surface area (Å²) in [6.45, 7) is 0. The van der Waals surface area contributed by atoms with E-state index in [9.17, 15) is 9.18 Å². The molecule has 0 spiro atoms. The molecule has 2 aromatic carbocycles. The van der Waals surface area contributed by atoms with E-state index in [1.165, 1.54) is 12.1 Å². The molecule has 2 nitrogen and oxygen atoms in total. The Labute approximate surface area is 114 Å². The first-order chi connectivity index (χ1) is 8.58. The second kappa shape index (κ2) is 5.42. The highest BCUT2D eigenvalue weighted by Crippen LogP contribution is 2.22. The third kappa shape index (κ3) is 2.83. The molecule has 1 amide bonds. The molecule has 2 rings (SSSR count). The minimum atomic E-state index is -0.640. The third-order valence-electron chi connectivity index (χ3n) is 2.33. The van der Waals surface area contributed by atoms with E-state index in [1.54, 1.807) is 30.3 Å². The van der Waals surface area contributed by atoms with Crippen molar-refractivity contribution in [3.63, 3.8) is 0 Å². The fourth-order valence-corrected chi connectivity index (χ4v) is 1.73. The van der Waals surface area contributed by atoms with Crippen LogP contribution in [0.4, 0.5) is 10.1 Å². The molecule has 0 aromatic heterocycles. The first-order valence-corrected chi connectivity index (χ1v) is 5.95. The summed E-state index contributed by atoms with van der Waals surface area (Å²) in [6.07, 6.45) is 0. The number of halogens is 2. The number of nitrogens with one attached hydrogen (secondary N) is 1. The molecule has 0 aliphatic rings. The first kappa shape index (κ1) is 12.9. The number of anilines is 1. The van der Waals surface area contributed by atoms with Gasteiger partial charge in [-0.25, -0.2) is 4.39 Å². The van der Waals surface area contributed by atoms with E-state index in [0.717, 1.165) is 4.90 Å². The third-order valence-corrected chi connectivity index (χ3v) is 2.92. The number of carbonyl (C=O) groups is 1. The molecule has 0 saturated carbocycles. The monoisotopic (exact) mass is 281 g/mol. The van der Waals surface area contributed by atoms with Gasteiger partial charge in [0.05, 0.1) is 10.7 Å². The van der Waals surface area contributed by atoms with Crippen LogP contribution in [0.5, 0.6) is 0 Å². The minimum absolute atomic E-state index is 0.0292. The highest BCUT2D eigenvalue weighted by Gasteiger charge is 2.10. The predicted molar refractivity (Wildman–Crippen MR) is 73.1 cm³/mol. The molecule has 0 unspecified atom stereocenters. The highest BCUT2D eigenvalue weighted by atomic mass is 35.5. The number of hydrogen-bond acceptors (Lipinski definition) is 2.